The zero-order valence-corrected chi connectivity index (χ0v) is 11.6. The summed E-state index contributed by atoms with van der Waals surface area (Å²) in [6.45, 7) is 0.994. The van der Waals surface area contributed by atoms with Gasteiger partial charge >= 0.3 is 0 Å². The normalized spacial score (nSPS) is 21.0. The largest absolute Gasteiger partial charge is 0.289 e. The summed E-state index contributed by atoms with van der Waals surface area (Å²) in [6, 6.07) is 4.37. The van der Waals surface area contributed by atoms with Crippen molar-refractivity contribution in [2.24, 2.45) is 4.99 Å². The van der Waals surface area contributed by atoms with Crippen LogP contribution in [0.4, 0.5) is 0 Å². The molecular weight excluding hydrogens is 240 g/mol. The molecule has 3 heteroatoms. The zero-order chi connectivity index (χ0) is 12.2. The number of pyridine rings is 1. The molecule has 0 aromatic carbocycles. The summed E-state index contributed by atoms with van der Waals surface area (Å²) >= 11 is 1.96. The fraction of sp³-hybridized carbons (Fsp3) is 0.600. The van der Waals surface area contributed by atoms with Crippen molar-refractivity contribution >= 4 is 17.5 Å². The monoisotopic (exact) mass is 260 g/mol. The summed E-state index contributed by atoms with van der Waals surface area (Å²) in [4.78, 5) is 9.12. The van der Waals surface area contributed by atoms with E-state index in [-0.39, 0.29) is 0 Å². The summed E-state index contributed by atoms with van der Waals surface area (Å²) in [6.07, 6.45) is 11.3. The Bertz CT molecular complexity index is 419. The van der Waals surface area contributed by atoms with Gasteiger partial charge in [-0.2, -0.15) is 0 Å². The molecule has 1 aliphatic carbocycles. The maximum Gasteiger partial charge on any atom is 0.0962 e. The van der Waals surface area contributed by atoms with E-state index >= 15 is 0 Å². The van der Waals surface area contributed by atoms with Crippen LogP contribution in [0.5, 0.6) is 0 Å². The molecule has 0 bridgehead atoms. The first-order valence-electron chi connectivity index (χ1n) is 7.08. The van der Waals surface area contributed by atoms with Crippen molar-refractivity contribution in [1.82, 2.24) is 4.98 Å². The molecule has 2 nitrogen and oxygen atoms in total. The van der Waals surface area contributed by atoms with E-state index in [1.54, 1.807) is 0 Å². The predicted octanol–water partition coefficient (Wildman–Crippen LogP) is 4.09. The van der Waals surface area contributed by atoms with Crippen molar-refractivity contribution < 1.29 is 0 Å². The Kier molecular flexibility index (Phi) is 3.99. The van der Waals surface area contributed by atoms with Crippen LogP contribution in [0.1, 0.15) is 50.5 Å². The molecule has 1 aromatic heterocycles. The fourth-order valence-corrected chi connectivity index (χ4v) is 3.92. The van der Waals surface area contributed by atoms with Crippen LogP contribution in [0, 0.1) is 0 Å². The number of hydrogen-bond acceptors (Lipinski definition) is 3. The van der Waals surface area contributed by atoms with E-state index in [1.165, 1.54) is 54.8 Å². The fourth-order valence-electron chi connectivity index (χ4n) is 2.75. The summed E-state index contributed by atoms with van der Waals surface area (Å²) < 4.78 is 0. The molecule has 1 fully saturated rings. The van der Waals surface area contributed by atoms with Crippen LogP contribution in [0.2, 0.25) is 0 Å². The molecular formula is C15H20N2S. The van der Waals surface area contributed by atoms with Crippen LogP contribution in [-0.2, 0) is 0 Å². The van der Waals surface area contributed by atoms with E-state index in [0.717, 1.165) is 18.2 Å². The Labute approximate surface area is 113 Å². The highest BCUT2D eigenvalue weighted by atomic mass is 32.2. The highest BCUT2D eigenvalue weighted by Gasteiger charge is 2.15. The molecule has 1 aromatic rings. The van der Waals surface area contributed by atoms with E-state index in [4.69, 9.17) is 0 Å². The molecule has 0 amide bonds. The molecule has 1 saturated carbocycles. The standard InChI is InChI=1S/C15H20N2S/c1-2-5-13(6-3-1)18-15-9-8-12(11-17-15)14-7-4-10-16-14/h8-9,11,13H,1-7,10H2. The van der Waals surface area contributed by atoms with Crippen LogP contribution in [0.15, 0.2) is 28.3 Å². The number of hydrogen-bond donors (Lipinski definition) is 0. The topological polar surface area (TPSA) is 25.2 Å². The van der Waals surface area contributed by atoms with Gasteiger partial charge < -0.3 is 0 Å². The molecule has 96 valence electrons. The van der Waals surface area contributed by atoms with Gasteiger partial charge in [-0.25, -0.2) is 4.98 Å². The Morgan fingerprint density at radius 1 is 1.06 bits per heavy atom. The van der Waals surface area contributed by atoms with E-state index in [9.17, 15) is 0 Å². The molecule has 2 heterocycles. The first-order chi connectivity index (χ1) is 8.92. The average molecular weight is 260 g/mol. The lowest BCUT2D eigenvalue weighted by Crippen LogP contribution is -2.08. The number of nitrogens with zero attached hydrogens (tertiary/aromatic N) is 2. The van der Waals surface area contributed by atoms with Gasteiger partial charge in [-0.1, -0.05) is 19.3 Å². The first kappa shape index (κ1) is 12.2. The van der Waals surface area contributed by atoms with Gasteiger partial charge in [-0.15, -0.1) is 11.8 Å². The minimum Gasteiger partial charge on any atom is -0.289 e. The first-order valence-corrected chi connectivity index (χ1v) is 7.96. The predicted molar refractivity (Wildman–Crippen MR) is 77.6 cm³/mol. The number of aromatic nitrogens is 1. The lowest BCUT2D eigenvalue weighted by atomic mass is 10.0. The zero-order valence-electron chi connectivity index (χ0n) is 10.8. The second kappa shape index (κ2) is 5.87. The summed E-state index contributed by atoms with van der Waals surface area (Å²) in [5, 5.41) is 1.98. The molecule has 1 aliphatic heterocycles. The van der Waals surface area contributed by atoms with Gasteiger partial charge in [0.15, 0.2) is 0 Å². The molecule has 0 saturated heterocycles. The molecule has 0 radical (unpaired) electrons. The quantitative estimate of drug-likeness (QED) is 0.818. The van der Waals surface area contributed by atoms with E-state index in [1.807, 2.05) is 18.0 Å². The second-order valence-corrected chi connectivity index (χ2v) is 6.52. The van der Waals surface area contributed by atoms with Crippen molar-refractivity contribution in [2.75, 3.05) is 6.54 Å². The van der Waals surface area contributed by atoms with Crippen LogP contribution >= 0.6 is 11.8 Å². The minimum absolute atomic E-state index is 0.793. The van der Waals surface area contributed by atoms with Crippen LogP contribution in [-0.4, -0.2) is 22.5 Å². The molecule has 0 spiro atoms. The van der Waals surface area contributed by atoms with Crippen molar-refractivity contribution in [1.29, 1.82) is 0 Å². The third-order valence-corrected chi connectivity index (χ3v) is 5.07. The SMILES string of the molecule is c1cc(SC2CCCCC2)ncc1C1=NCCC1. The van der Waals surface area contributed by atoms with Gasteiger partial charge in [0.2, 0.25) is 0 Å². The molecule has 18 heavy (non-hydrogen) atoms. The van der Waals surface area contributed by atoms with Gasteiger partial charge in [0, 0.05) is 29.3 Å². The molecule has 2 aliphatic rings. The van der Waals surface area contributed by atoms with E-state index < -0.39 is 0 Å². The maximum atomic E-state index is 4.60. The van der Waals surface area contributed by atoms with Crippen molar-refractivity contribution in [3.8, 4) is 0 Å². The number of aliphatic imine (C=N–C) groups is 1. The van der Waals surface area contributed by atoms with E-state index in [2.05, 4.69) is 22.1 Å². The van der Waals surface area contributed by atoms with Crippen molar-refractivity contribution in [3.05, 3.63) is 23.9 Å². The summed E-state index contributed by atoms with van der Waals surface area (Å²) in [7, 11) is 0. The van der Waals surface area contributed by atoms with Crippen molar-refractivity contribution in [3.63, 3.8) is 0 Å². The Hall–Kier alpha value is -0.830. The molecule has 0 N–H and O–H groups in total. The Morgan fingerprint density at radius 3 is 2.61 bits per heavy atom. The van der Waals surface area contributed by atoms with Gasteiger partial charge in [0.25, 0.3) is 0 Å². The molecule has 0 atom stereocenters. The van der Waals surface area contributed by atoms with Crippen molar-refractivity contribution in [2.45, 2.75) is 55.2 Å². The third kappa shape index (κ3) is 2.94. The lowest BCUT2D eigenvalue weighted by Gasteiger charge is -2.20. The highest BCUT2D eigenvalue weighted by Crippen LogP contribution is 2.32. The number of rotatable bonds is 3. The molecule has 3 rings (SSSR count). The van der Waals surface area contributed by atoms with E-state index in [0.29, 0.717) is 0 Å². The molecule has 0 unspecified atom stereocenters. The second-order valence-electron chi connectivity index (χ2n) is 5.19. The minimum atomic E-state index is 0.793. The summed E-state index contributed by atoms with van der Waals surface area (Å²) in [5.41, 5.74) is 2.47. The third-order valence-electron chi connectivity index (χ3n) is 3.78. The Morgan fingerprint density at radius 2 is 1.94 bits per heavy atom. The van der Waals surface area contributed by atoms with Gasteiger partial charge in [0.05, 0.1) is 5.03 Å². The smallest absolute Gasteiger partial charge is 0.0962 e. The van der Waals surface area contributed by atoms with Crippen LogP contribution in [0.25, 0.3) is 0 Å². The van der Waals surface area contributed by atoms with Crippen LogP contribution in [0.3, 0.4) is 0 Å². The number of thioether (sulfide) groups is 1. The van der Waals surface area contributed by atoms with Crippen LogP contribution < -0.4 is 0 Å². The average Bonchev–Trinajstić information content (AvgIpc) is 2.95. The highest BCUT2D eigenvalue weighted by molar-refractivity contribution is 7.99. The van der Waals surface area contributed by atoms with Gasteiger partial charge in [-0.3, -0.25) is 4.99 Å². The summed E-state index contributed by atoms with van der Waals surface area (Å²) in [5.74, 6) is 0. The maximum absolute atomic E-state index is 4.60. The van der Waals surface area contributed by atoms with Gasteiger partial charge in [-0.05, 0) is 37.8 Å². The van der Waals surface area contributed by atoms with Gasteiger partial charge in [0.1, 0.15) is 0 Å². The Balaban J connectivity index is 1.63. The lowest BCUT2D eigenvalue weighted by molar-refractivity contribution is 0.516.